The van der Waals surface area contributed by atoms with Crippen LogP contribution in [0.4, 0.5) is 17.1 Å². The Morgan fingerprint density at radius 1 is 1.12 bits per heavy atom. The number of nitrogens with one attached hydrogen (secondary N) is 1. The lowest BCUT2D eigenvalue weighted by Crippen LogP contribution is -2.50. The van der Waals surface area contributed by atoms with Crippen LogP contribution in [0.15, 0.2) is 36.4 Å². The number of methoxy groups -OCH3 is 1. The number of carbonyl (C=O) groups is 2. The highest BCUT2D eigenvalue weighted by Crippen LogP contribution is 2.32. The Hall–Kier alpha value is -3.33. The van der Waals surface area contributed by atoms with Crippen LogP contribution in [0.2, 0.25) is 5.02 Å². The summed E-state index contributed by atoms with van der Waals surface area (Å²) in [6.45, 7) is 6.14. The van der Waals surface area contributed by atoms with Crippen LogP contribution >= 0.6 is 11.6 Å². The number of halogens is 1. The number of piperazine rings is 1. The molecule has 0 spiro atoms. The molecule has 3 rings (SSSR count). The molecule has 0 saturated carbocycles. The molecule has 170 valence electrons. The Labute approximate surface area is 191 Å². The number of ether oxygens (including phenoxy) is 1. The summed E-state index contributed by atoms with van der Waals surface area (Å²) in [6.07, 6.45) is 0. The smallest absolute Gasteiger partial charge is 0.311 e. The highest BCUT2D eigenvalue weighted by molar-refractivity contribution is 6.31. The summed E-state index contributed by atoms with van der Waals surface area (Å²) < 4.78 is 4.99. The number of nitro benzene ring substituents is 1. The van der Waals surface area contributed by atoms with Crippen LogP contribution < -0.4 is 15.0 Å². The largest absolute Gasteiger partial charge is 0.490 e. The summed E-state index contributed by atoms with van der Waals surface area (Å²) in [6, 6.07) is 9.20. The molecule has 0 atom stereocenters. The minimum absolute atomic E-state index is 0.0551. The lowest BCUT2D eigenvalue weighted by Gasteiger charge is -2.37. The zero-order valence-electron chi connectivity index (χ0n) is 18.1. The highest BCUT2D eigenvalue weighted by atomic mass is 35.5. The van der Waals surface area contributed by atoms with E-state index in [0.717, 1.165) is 5.69 Å². The Bertz CT molecular complexity index is 1030. The molecule has 2 aromatic rings. The van der Waals surface area contributed by atoms with Crippen molar-refractivity contribution < 1.29 is 19.2 Å². The first-order chi connectivity index (χ1) is 15.2. The van der Waals surface area contributed by atoms with E-state index in [-0.39, 0.29) is 28.8 Å². The van der Waals surface area contributed by atoms with Gasteiger partial charge in [0.15, 0.2) is 5.75 Å². The minimum atomic E-state index is -0.599. The van der Waals surface area contributed by atoms with E-state index in [2.05, 4.69) is 10.2 Å². The van der Waals surface area contributed by atoms with E-state index in [9.17, 15) is 19.7 Å². The minimum Gasteiger partial charge on any atom is -0.490 e. The fraction of sp³-hybridized carbons (Fsp3) is 0.364. The van der Waals surface area contributed by atoms with Gasteiger partial charge in [0.1, 0.15) is 0 Å². The van der Waals surface area contributed by atoms with Crippen LogP contribution in [0, 0.1) is 16.0 Å². The van der Waals surface area contributed by atoms with Crippen molar-refractivity contribution in [1.82, 2.24) is 4.90 Å². The maximum absolute atomic E-state index is 12.9. The molecule has 0 bridgehead atoms. The van der Waals surface area contributed by atoms with Gasteiger partial charge in [-0.2, -0.15) is 0 Å². The van der Waals surface area contributed by atoms with Crippen LogP contribution in [-0.4, -0.2) is 54.9 Å². The second-order valence-corrected chi connectivity index (χ2v) is 8.16. The van der Waals surface area contributed by atoms with Gasteiger partial charge in [0.05, 0.1) is 23.4 Å². The van der Waals surface area contributed by atoms with Crippen LogP contribution in [0.25, 0.3) is 0 Å². The predicted octanol–water partition coefficient (Wildman–Crippen LogP) is 3.81. The van der Waals surface area contributed by atoms with Gasteiger partial charge in [-0.1, -0.05) is 25.4 Å². The molecule has 2 aromatic carbocycles. The van der Waals surface area contributed by atoms with Crippen LogP contribution in [0.1, 0.15) is 24.2 Å². The third-order valence-corrected chi connectivity index (χ3v) is 5.51. The molecule has 9 nitrogen and oxygen atoms in total. The van der Waals surface area contributed by atoms with Crippen LogP contribution in [0.5, 0.6) is 5.75 Å². The predicted molar refractivity (Wildman–Crippen MR) is 123 cm³/mol. The Morgan fingerprint density at radius 3 is 2.41 bits per heavy atom. The van der Waals surface area contributed by atoms with E-state index in [1.54, 1.807) is 12.1 Å². The van der Waals surface area contributed by atoms with E-state index in [0.29, 0.717) is 36.9 Å². The van der Waals surface area contributed by atoms with Gasteiger partial charge < -0.3 is 19.9 Å². The van der Waals surface area contributed by atoms with Crippen LogP contribution in [-0.2, 0) is 4.79 Å². The number of benzene rings is 2. The number of amides is 2. The SMILES string of the molecule is COc1ccc(C(=O)Nc2cc(Cl)ccc2N2CCN(C(=O)C(C)C)CC2)cc1[N+](=O)[O-]. The molecule has 1 fully saturated rings. The number of anilines is 2. The van der Waals surface area contributed by atoms with E-state index >= 15 is 0 Å². The van der Waals surface area contributed by atoms with Gasteiger partial charge in [-0.25, -0.2) is 0 Å². The highest BCUT2D eigenvalue weighted by Gasteiger charge is 2.25. The Kier molecular flexibility index (Phi) is 7.19. The molecule has 1 heterocycles. The van der Waals surface area contributed by atoms with Gasteiger partial charge in [0.2, 0.25) is 5.91 Å². The number of rotatable bonds is 6. The number of hydrogen-bond donors (Lipinski definition) is 1. The molecule has 2 amide bonds. The number of hydrogen-bond acceptors (Lipinski definition) is 6. The number of nitrogens with zero attached hydrogens (tertiary/aromatic N) is 3. The summed E-state index contributed by atoms with van der Waals surface area (Å²) in [5.41, 5.74) is 1.08. The molecule has 1 aliphatic heterocycles. The quantitative estimate of drug-likeness (QED) is 0.519. The fourth-order valence-electron chi connectivity index (χ4n) is 3.59. The Morgan fingerprint density at radius 2 is 1.81 bits per heavy atom. The number of carbonyl (C=O) groups excluding carboxylic acids is 2. The molecule has 1 saturated heterocycles. The van der Waals surface area contributed by atoms with Crippen molar-refractivity contribution in [1.29, 1.82) is 0 Å². The molecule has 0 aromatic heterocycles. The first kappa shape index (κ1) is 23.3. The summed E-state index contributed by atoms with van der Waals surface area (Å²) >= 11 is 6.16. The molecular formula is C22H25ClN4O5. The van der Waals surface area contributed by atoms with Crippen molar-refractivity contribution in [2.24, 2.45) is 5.92 Å². The van der Waals surface area contributed by atoms with Gasteiger partial charge >= 0.3 is 5.69 Å². The van der Waals surface area contributed by atoms with E-state index < -0.39 is 10.8 Å². The summed E-state index contributed by atoms with van der Waals surface area (Å²) in [7, 11) is 1.33. The maximum atomic E-state index is 12.9. The molecule has 0 radical (unpaired) electrons. The van der Waals surface area contributed by atoms with E-state index in [1.165, 1.54) is 25.3 Å². The molecule has 0 unspecified atom stereocenters. The lowest BCUT2D eigenvalue weighted by molar-refractivity contribution is -0.385. The van der Waals surface area contributed by atoms with Crippen molar-refractivity contribution in [3.05, 3.63) is 57.1 Å². The first-order valence-corrected chi connectivity index (χ1v) is 10.6. The average molecular weight is 461 g/mol. The summed E-state index contributed by atoms with van der Waals surface area (Å²) in [5.74, 6) is -0.368. The monoisotopic (exact) mass is 460 g/mol. The van der Waals surface area contributed by atoms with Crippen molar-refractivity contribution in [2.45, 2.75) is 13.8 Å². The Balaban J connectivity index is 1.81. The van der Waals surface area contributed by atoms with Gasteiger partial charge in [-0.3, -0.25) is 19.7 Å². The molecule has 10 heteroatoms. The summed E-state index contributed by atoms with van der Waals surface area (Å²) in [4.78, 5) is 39.7. The van der Waals surface area contributed by atoms with Gasteiger partial charge in [-0.15, -0.1) is 0 Å². The van der Waals surface area contributed by atoms with Gasteiger partial charge in [-0.05, 0) is 30.3 Å². The van der Waals surface area contributed by atoms with E-state index in [4.69, 9.17) is 16.3 Å². The molecule has 1 aliphatic rings. The molecule has 32 heavy (non-hydrogen) atoms. The second kappa shape index (κ2) is 9.86. The van der Waals surface area contributed by atoms with Crippen molar-refractivity contribution in [3.8, 4) is 5.75 Å². The third kappa shape index (κ3) is 5.11. The maximum Gasteiger partial charge on any atom is 0.311 e. The first-order valence-electron chi connectivity index (χ1n) is 10.2. The molecule has 1 N–H and O–H groups in total. The van der Waals surface area contributed by atoms with Crippen molar-refractivity contribution >= 4 is 40.5 Å². The second-order valence-electron chi connectivity index (χ2n) is 7.73. The third-order valence-electron chi connectivity index (χ3n) is 5.27. The van der Waals surface area contributed by atoms with Gasteiger partial charge in [0.25, 0.3) is 5.91 Å². The topological polar surface area (TPSA) is 105 Å². The zero-order valence-corrected chi connectivity index (χ0v) is 18.9. The zero-order chi connectivity index (χ0) is 23.4. The number of nitro groups is 1. The normalized spacial score (nSPS) is 13.8. The molecular weight excluding hydrogens is 436 g/mol. The summed E-state index contributed by atoms with van der Waals surface area (Å²) in [5, 5.41) is 14.5. The van der Waals surface area contributed by atoms with Crippen molar-refractivity contribution in [2.75, 3.05) is 43.5 Å². The standard InChI is InChI=1S/C22H25ClN4O5/c1-14(2)22(29)26-10-8-25(9-11-26)18-6-5-16(23)13-17(18)24-21(28)15-4-7-20(32-3)19(12-15)27(30)31/h4-7,12-14H,8-11H2,1-3H3,(H,24,28). The molecule has 0 aliphatic carbocycles. The fourth-order valence-corrected chi connectivity index (χ4v) is 3.76. The van der Waals surface area contributed by atoms with E-state index in [1.807, 2.05) is 24.8 Å². The van der Waals surface area contributed by atoms with Gasteiger partial charge in [0, 0.05) is 48.7 Å². The average Bonchev–Trinajstić information content (AvgIpc) is 2.78. The van der Waals surface area contributed by atoms with Crippen molar-refractivity contribution in [3.63, 3.8) is 0 Å². The lowest BCUT2D eigenvalue weighted by atomic mass is 10.1. The van der Waals surface area contributed by atoms with Crippen LogP contribution in [0.3, 0.4) is 0 Å².